The van der Waals surface area contributed by atoms with Crippen molar-refractivity contribution in [3.63, 3.8) is 0 Å². The van der Waals surface area contributed by atoms with Gasteiger partial charge in [0.1, 0.15) is 12.4 Å². The predicted octanol–water partition coefficient (Wildman–Crippen LogP) is 1.64. The van der Waals surface area contributed by atoms with Crippen LogP contribution < -0.4 is 0 Å². The summed E-state index contributed by atoms with van der Waals surface area (Å²) in [4.78, 5) is 27.9. The molecule has 2 amide bonds. The molecule has 2 saturated heterocycles. The molecule has 4 rings (SSSR count). The fraction of sp³-hybridized carbons (Fsp3) is 0.364. The molecule has 1 N–H and O–H groups in total. The van der Waals surface area contributed by atoms with Crippen LogP contribution in [0.1, 0.15) is 11.5 Å². The SMILES string of the molecule is COCC(=O)N1CC(=O)N2[C@H](C1)[C@H](c1ccc(-c3ccccc3F)cc1)[C@@H]2CO. The van der Waals surface area contributed by atoms with Crippen molar-refractivity contribution < 1.29 is 23.8 Å². The van der Waals surface area contributed by atoms with Crippen molar-refractivity contribution >= 4 is 11.8 Å². The molecule has 2 aliphatic heterocycles. The standard InChI is InChI=1S/C22H23FN2O4/c1-29-13-21(28)24-10-18-22(19(12-26)25(18)20(27)11-24)15-8-6-14(7-9-15)16-4-2-3-5-17(16)23/h2-9,18-19,22,26H,10-13H2,1H3/t18-,19+,22+/m1/s1. The van der Waals surface area contributed by atoms with E-state index in [0.29, 0.717) is 12.1 Å². The number of hydrogen-bond donors (Lipinski definition) is 1. The highest BCUT2D eigenvalue weighted by Crippen LogP contribution is 2.43. The number of nitrogens with zero attached hydrogens (tertiary/aromatic N) is 2. The van der Waals surface area contributed by atoms with Gasteiger partial charge in [-0.15, -0.1) is 0 Å². The summed E-state index contributed by atoms with van der Waals surface area (Å²) < 4.78 is 19.0. The van der Waals surface area contributed by atoms with Gasteiger partial charge in [-0.05, 0) is 17.2 Å². The molecule has 0 bridgehead atoms. The molecule has 2 aliphatic rings. The lowest BCUT2D eigenvalue weighted by Gasteiger charge is -2.58. The van der Waals surface area contributed by atoms with Crippen LogP contribution in [0.4, 0.5) is 4.39 Å². The van der Waals surface area contributed by atoms with E-state index in [0.717, 1.165) is 11.1 Å². The molecule has 2 aromatic rings. The molecule has 7 heteroatoms. The largest absolute Gasteiger partial charge is 0.394 e. The van der Waals surface area contributed by atoms with Gasteiger partial charge in [0, 0.05) is 25.1 Å². The molecule has 0 aromatic heterocycles. The topological polar surface area (TPSA) is 70.1 Å². The van der Waals surface area contributed by atoms with Gasteiger partial charge in [0.2, 0.25) is 11.8 Å². The van der Waals surface area contributed by atoms with Gasteiger partial charge in [0.25, 0.3) is 0 Å². The lowest BCUT2D eigenvalue weighted by atomic mass is 9.73. The van der Waals surface area contributed by atoms with Gasteiger partial charge >= 0.3 is 0 Å². The Morgan fingerprint density at radius 1 is 1.21 bits per heavy atom. The van der Waals surface area contributed by atoms with Crippen LogP contribution in [-0.4, -0.2) is 72.2 Å². The number of amides is 2. The molecule has 2 aromatic carbocycles. The molecule has 6 nitrogen and oxygen atoms in total. The Morgan fingerprint density at radius 2 is 1.93 bits per heavy atom. The van der Waals surface area contributed by atoms with Crippen molar-refractivity contribution in [2.75, 3.05) is 33.4 Å². The number of aliphatic hydroxyl groups excluding tert-OH is 1. The molecule has 29 heavy (non-hydrogen) atoms. The zero-order valence-corrected chi connectivity index (χ0v) is 16.1. The van der Waals surface area contributed by atoms with Crippen LogP contribution in [-0.2, 0) is 14.3 Å². The fourth-order valence-electron chi connectivity index (χ4n) is 4.48. The number of carbonyl (C=O) groups is 2. The fourth-order valence-corrected chi connectivity index (χ4v) is 4.48. The third-order valence-corrected chi connectivity index (χ3v) is 5.85. The molecule has 3 atom stereocenters. The number of methoxy groups -OCH3 is 1. The van der Waals surface area contributed by atoms with Crippen molar-refractivity contribution in [3.05, 3.63) is 59.9 Å². The molecular weight excluding hydrogens is 375 g/mol. The summed E-state index contributed by atoms with van der Waals surface area (Å²) in [7, 11) is 1.45. The number of hydrogen-bond acceptors (Lipinski definition) is 4. The lowest BCUT2D eigenvalue weighted by molar-refractivity contribution is -0.168. The average molecular weight is 398 g/mol. The van der Waals surface area contributed by atoms with Crippen molar-refractivity contribution in [2.24, 2.45) is 0 Å². The summed E-state index contributed by atoms with van der Waals surface area (Å²) in [6.45, 7) is 0.206. The minimum Gasteiger partial charge on any atom is -0.394 e. The second kappa shape index (κ2) is 7.93. The Morgan fingerprint density at radius 3 is 2.59 bits per heavy atom. The molecule has 0 saturated carbocycles. The van der Waals surface area contributed by atoms with E-state index in [1.165, 1.54) is 18.1 Å². The van der Waals surface area contributed by atoms with Gasteiger partial charge in [-0.25, -0.2) is 4.39 Å². The highest BCUT2D eigenvalue weighted by atomic mass is 19.1. The predicted molar refractivity (Wildman–Crippen MR) is 105 cm³/mol. The maximum atomic E-state index is 14.0. The van der Waals surface area contributed by atoms with Crippen LogP contribution in [0.3, 0.4) is 0 Å². The van der Waals surface area contributed by atoms with Gasteiger partial charge in [-0.2, -0.15) is 0 Å². The van der Waals surface area contributed by atoms with E-state index >= 15 is 0 Å². The molecular formula is C22H23FN2O4. The number of rotatable bonds is 5. The number of ether oxygens (including phenoxy) is 1. The molecule has 0 spiro atoms. The Balaban J connectivity index is 1.58. The average Bonchev–Trinajstić information content (AvgIpc) is 2.70. The first-order valence-corrected chi connectivity index (χ1v) is 9.58. The second-order valence-corrected chi connectivity index (χ2v) is 7.45. The zero-order valence-electron chi connectivity index (χ0n) is 16.1. The van der Waals surface area contributed by atoms with E-state index in [9.17, 15) is 19.1 Å². The molecule has 0 unspecified atom stereocenters. The molecule has 0 radical (unpaired) electrons. The Bertz CT molecular complexity index is 917. The summed E-state index contributed by atoms with van der Waals surface area (Å²) in [5.74, 6) is -0.754. The molecule has 152 valence electrons. The number of fused-ring (bicyclic) bond motifs is 1. The number of carbonyl (C=O) groups excluding carboxylic acids is 2. The first-order valence-electron chi connectivity index (χ1n) is 9.58. The zero-order chi connectivity index (χ0) is 20.5. The number of aliphatic hydroxyl groups is 1. The van der Waals surface area contributed by atoms with E-state index in [4.69, 9.17) is 4.74 Å². The number of benzene rings is 2. The van der Waals surface area contributed by atoms with Crippen molar-refractivity contribution in [2.45, 2.75) is 18.0 Å². The molecule has 0 aliphatic carbocycles. The third-order valence-electron chi connectivity index (χ3n) is 5.85. The Hall–Kier alpha value is -2.77. The summed E-state index contributed by atoms with van der Waals surface area (Å²) in [5.41, 5.74) is 2.25. The van der Waals surface area contributed by atoms with Gasteiger partial charge in [-0.1, -0.05) is 42.5 Å². The van der Waals surface area contributed by atoms with Crippen molar-refractivity contribution in [3.8, 4) is 11.1 Å². The van der Waals surface area contributed by atoms with E-state index < -0.39 is 0 Å². The second-order valence-electron chi connectivity index (χ2n) is 7.45. The molecule has 2 heterocycles. The van der Waals surface area contributed by atoms with Gasteiger partial charge in [-0.3, -0.25) is 9.59 Å². The van der Waals surface area contributed by atoms with E-state index in [2.05, 4.69) is 0 Å². The van der Waals surface area contributed by atoms with Crippen LogP contribution in [0.15, 0.2) is 48.5 Å². The minimum absolute atomic E-state index is 0.00807. The monoisotopic (exact) mass is 398 g/mol. The van der Waals surface area contributed by atoms with Gasteiger partial charge < -0.3 is 19.6 Å². The molecule has 2 fully saturated rings. The summed E-state index contributed by atoms with van der Waals surface area (Å²) >= 11 is 0. The van der Waals surface area contributed by atoms with Crippen LogP contribution in [0.25, 0.3) is 11.1 Å². The van der Waals surface area contributed by atoms with E-state index in [1.54, 1.807) is 23.1 Å². The number of halogens is 1. The minimum atomic E-state index is -0.313. The maximum Gasteiger partial charge on any atom is 0.249 e. The van der Waals surface area contributed by atoms with Crippen LogP contribution in [0, 0.1) is 5.82 Å². The third kappa shape index (κ3) is 3.41. The first kappa shape index (κ1) is 19.5. The normalized spacial score (nSPS) is 23.6. The van der Waals surface area contributed by atoms with Gasteiger partial charge in [0.05, 0.1) is 25.2 Å². The quantitative estimate of drug-likeness (QED) is 0.831. The first-order chi connectivity index (χ1) is 14.0. The van der Waals surface area contributed by atoms with E-state index in [-0.39, 0.29) is 55.4 Å². The summed E-state index contributed by atoms with van der Waals surface area (Å²) in [6, 6.07) is 13.6. The Labute approximate surface area is 168 Å². The number of piperazine rings is 1. The van der Waals surface area contributed by atoms with Crippen LogP contribution >= 0.6 is 0 Å². The van der Waals surface area contributed by atoms with Crippen LogP contribution in [0.5, 0.6) is 0 Å². The maximum absolute atomic E-state index is 14.0. The highest BCUT2D eigenvalue weighted by Gasteiger charge is 2.54. The van der Waals surface area contributed by atoms with E-state index in [1.807, 2.05) is 24.3 Å². The summed E-state index contributed by atoms with van der Waals surface area (Å²) in [5, 5.41) is 9.86. The van der Waals surface area contributed by atoms with Gasteiger partial charge in [0.15, 0.2) is 0 Å². The highest BCUT2D eigenvalue weighted by molar-refractivity contribution is 5.88. The van der Waals surface area contributed by atoms with Crippen LogP contribution in [0.2, 0.25) is 0 Å². The Kier molecular flexibility index (Phi) is 5.34. The summed E-state index contributed by atoms with van der Waals surface area (Å²) in [6.07, 6.45) is 0. The van der Waals surface area contributed by atoms with Crippen molar-refractivity contribution in [1.82, 2.24) is 9.80 Å². The lowest BCUT2D eigenvalue weighted by Crippen LogP contribution is -2.73. The van der Waals surface area contributed by atoms with Crippen molar-refractivity contribution in [1.29, 1.82) is 0 Å². The smallest absolute Gasteiger partial charge is 0.249 e.